The summed E-state index contributed by atoms with van der Waals surface area (Å²) in [4.78, 5) is 32.3. The van der Waals surface area contributed by atoms with Crippen LogP contribution in [-0.4, -0.2) is 24.3 Å². The minimum Gasteiger partial charge on any atom is -0.496 e. The number of thiazole rings is 1. The molecule has 4 rings (SSSR count). The zero-order chi connectivity index (χ0) is 25.1. The molecular formula is C26H24Br2N2O4S. The lowest BCUT2D eigenvalue weighted by Gasteiger charge is -2.26. The van der Waals surface area contributed by atoms with E-state index in [1.54, 1.807) is 18.6 Å². The molecule has 1 unspecified atom stereocenters. The van der Waals surface area contributed by atoms with Crippen molar-refractivity contribution in [1.82, 2.24) is 4.57 Å². The summed E-state index contributed by atoms with van der Waals surface area (Å²) in [6.45, 7) is 4.03. The summed E-state index contributed by atoms with van der Waals surface area (Å²) in [5, 5.41) is 0. The molecule has 0 saturated heterocycles. The minimum atomic E-state index is -0.666. The van der Waals surface area contributed by atoms with Gasteiger partial charge in [-0.15, -0.1) is 0 Å². The van der Waals surface area contributed by atoms with Crippen LogP contribution in [0.2, 0.25) is 0 Å². The summed E-state index contributed by atoms with van der Waals surface area (Å²) in [7, 11) is 1.59. The minimum absolute atomic E-state index is 0.203. The highest BCUT2D eigenvalue weighted by Crippen LogP contribution is 2.36. The molecule has 0 fully saturated rings. The highest BCUT2D eigenvalue weighted by Gasteiger charge is 2.34. The molecule has 0 aliphatic carbocycles. The lowest BCUT2D eigenvalue weighted by Crippen LogP contribution is -2.40. The van der Waals surface area contributed by atoms with E-state index in [0.29, 0.717) is 32.8 Å². The van der Waals surface area contributed by atoms with Crippen molar-refractivity contribution in [1.29, 1.82) is 0 Å². The predicted octanol–water partition coefficient (Wildman–Crippen LogP) is 5.11. The molecule has 9 heteroatoms. The molecule has 182 valence electrons. The molecular weight excluding hydrogens is 596 g/mol. The number of carbonyl (C=O) groups excluding carboxylic acids is 1. The largest absolute Gasteiger partial charge is 0.496 e. The van der Waals surface area contributed by atoms with Gasteiger partial charge < -0.3 is 9.47 Å². The smallest absolute Gasteiger partial charge is 0.338 e. The fraction of sp³-hybridized carbons (Fsp3) is 0.269. The van der Waals surface area contributed by atoms with Gasteiger partial charge in [0.1, 0.15) is 5.75 Å². The number of hydrogen-bond acceptors (Lipinski definition) is 6. The van der Waals surface area contributed by atoms with Crippen LogP contribution < -0.4 is 19.6 Å². The van der Waals surface area contributed by atoms with Crippen molar-refractivity contribution in [3.05, 3.63) is 93.5 Å². The van der Waals surface area contributed by atoms with Crippen LogP contribution in [0.15, 0.2) is 72.5 Å². The Balaban J connectivity index is 2.00. The lowest BCUT2D eigenvalue weighted by molar-refractivity contribution is -0.139. The maximum absolute atomic E-state index is 13.7. The van der Waals surface area contributed by atoms with Crippen LogP contribution in [0.3, 0.4) is 0 Å². The molecule has 6 nitrogen and oxygen atoms in total. The van der Waals surface area contributed by atoms with Crippen LogP contribution in [0.5, 0.6) is 5.75 Å². The Morgan fingerprint density at radius 3 is 2.54 bits per heavy atom. The number of hydrogen-bond donors (Lipinski definition) is 0. The van der Waals surface area contributed by atoms with E-state index in [0.717, 1.165) is 26.5 Å². The lowest BCUT2D eigenvalue weighted by atomic mass is 9.94. The Bertz CT molecular complexity index is 1470. The molecule has 0 radical (unpaired) electrons. The van der Waals surface area contributed by atoms with E-state index in [4.69, 9.17) is 14.5 Å². The van der Waals surface area contributed by atoms with Crippen LogP contribution in [0.1, 0.15) is 43.9 Å². The van der Waals surface area contributed by atoms with Crippen LogP contribution in [0.25, 0.3) is 6.08 Å². The number of benzene rings is 2. The molecule has 1 aliphatic heterocycles. The van der Waals surface area contributed by atoms with Crippen molar-refractivity contribution >= 4 is 55.2 Å². The fourth-order valence-electron chi connectivity index (χ4n) is 4.00. The van der Waals surface area contributed by atoms with Gasteiger partial charge >= 0.3 is 5.97 Å². The average Bonchev–Trinajstić information content (AvgIpc) is 3.14. The number of methoxy groups -OCH3 is 1. The van der Waals surface area contributed by atoms with Crippen molar-refractivity contribution in [3.63, 3.8) is 0 Å². The summed E-state index contributed by atoms with van der Waals surface area (Å²) in [6, 6.07) is 12.6. The second kappa shape index (κ2) is 11.1. The topological polar surface area (TPSA) is 69.9 Å². The van der Waals surface area contributed by atoms with E-state index in [1.165, 1.54) is 11.3 Å². The first-order chi connectivity index (χ1) is 16.9. The number of aromatic nitrogens is 1. The third-order valence-electron chi connectivity index (χ3n) is 5.55. The summed E-state index contributed by atoms with van der Waals surface area (Å²) in [6.07, 6.45) is 3.25. The van der Waals surface area contributed by atoms with Gasteiger partial charge in [0.15, 0.2) is 4.80 Å². The van der Waals surface area contributed by atoms with E-state index in [1.807, 2.05) is 55.5 Å². The summed E-state index contributed by atoms with van der Waals surface area (Å²) in [5.41, 5.74) is 2.51. The van der Waals surface area contributed by atoms with E-state index in [2.05, 4.69) is 31.9 Å². The number of rotatable bonds is 7. The highest BCUT2D eigenvalue weighted by molar-refractivity contribution is 9.10. The second-order valence-corrected chi connectivity index (χ2v) is 10.6. The molecule has 0 saturated carbocycles. The number of ether oxygens (including phenoxy) is 2. The van der Waals surface area contributed by atoms with Gasteiger partial charge in [-0.05, 0) is 70.7 Å². The van der Waals surface area contributed by atoms with Crippen molar-refractivity contribution in [2.75, 3.05) is 13.7 Å². The predicted molar refractivity (Wildman–Crippen MR) is 144 cm³/mol. The zero-order valence-electron chi connectivity index (χ0n) is 19.5. The Labute approximate surface area is 223 Å². The molecule has 35 heavy (non-hydrogen) atoms. The van der Waals surface area contributed by atoms with Gasteiger partial charge in [-0.25, -0.2) is 9.79 Å². The van der Waals surface area contributed by atoms with E-state index < -0.39 is 12.0 Å². The Hall–Kier alpha value is -2.49. The summed E-state index contributed by atoms with van der Waals surface area (Å²) in [5.74, 6) is 0.200. The third kappa shape index (κ3) is 5.22. The zero-order valence-corrected chi connectivity index (χ0v) is 23.5. The molecule has 0 spiro atoms. The van der Waals surface area contributed by atoms with E-state index in [9.17, 15) is 9.59 Å². The fourth-order valence-corrected chi connectivity index (χ4v) is 5.84. The molecule has 0 N–H and O–H groups in total. The third-order valence-corrected chi connectivity index (χ3v) is 7.68. The molecule has 1 aromatic heterocycles. The highest BCUT2D eigenvalue weighted by atomic mass is 79.9. The number of nitrogens with zero attached hydrogens (tertiary/aromatic N) is 2. The molecule has 1 aliphatic rings. The van der Waals surface area contributed by atoms with Crippen molar-refractivity contribution in [2.24, 2.45) is 4.99 Å². The number of halogens is 2. The van der Waals surface area contributed by atoms with Crippen molar-refractivity contribution in [3.8, 4) is 5.75 Å². The molecule has 1 atom stereocenters. The standard InChI is InChI=1S/C26H24Br2N2O4S/c1-4-6-19-22(25(32)34-5-2)23(16-9-12-20(33-3)18(28)14-16)30-24(31)21(35-26(30)29-19)13-15-7-10-17(27)11-8-15/h7-14,23H,4-6H2,1-3H3/b21-13-. The monoisotopic (exact) mass is 618 g/mol. The van der Waals surface area contributed by atoms with Gasteiger partial charge in [-0.3, -0.25) is 9.36 Å². The summed E-state index contributed by atoms with van der Waals surface area (Å²) >= 11 is 8.31. The number of fused-ring (bicyclic) bond motifs is 1. The van der Waals surface area contributed by atoms with E-state index >= 15 is 0 Å². The number of esters is 1. The van der Waals surface area contributed by atoms with Gasteiger partial charge in [0.2, 0.25) is 0 Å². The van der Waals surface area contributed by atoms with Crippen molar-refractivity contribution in [2.45, 2.75) is 32.7 Å². The Morgan fingerprint density at radius 2 is 1.91 bits per heavy atom. The van der Waals surface area contributed by atoms with Crippen LogP contribution in [0.4, 0.5) is 0 Å². The first kappa shape index (κ1) is 25.6. The molecule has 0 bridgehead atoms. The quantitative estimate of drug-likeness (QED) is 0.345. The van der Waals surface area contributed by atoms with Gasteiger partial charge in [-0.1, -0.05) is 58.8 Å². The van der Waals surface area contributed by atoms with Crippen molar-refractivity contribution < 1.29 is 14.3 Å². The normalized spacial score (nSPS) is 15.6. The SMILES string of the molecule is CCCC1=C(C(=O)OCC)C(c2ccc(OC)c(Br)c2)n2c(s/c(=C\c3ccc(Br)cc3)c2=O)=N1. The molecule has 3 aromatic rings. The maximum atomic E-state index is 13.7. The number of allylic oxidation sites excluding steroid dienone is 1. The van der Waals surface area contributed by atoms with E-state index in [-0.39, 0.29) is 12.2 Å². The summed E-state index contributed by atoms with van der Waals surface area (Å²) < 4.78 is 14.7. The van der Waals surface area contributed by atoms with Gasteiger partial charge in [0.25, 0.3) is 5.56 Å². The van der Waals surface area contributed by atoms with Gasteiger partial charge in [-0.2, -0.15) is 0 Å². The average molecular weight is 620 g/mol. The van der Waals surface area contributed by atoms with Gasteiger partial charge in [0.05, 0.1) is 40.0 Å². The van der Waals surface area contributed by atoms with Crippen LogP contribution in [-0.2, 0) is 9.53 Å². The maximum Gasteiger partial charge on any atom is 0.338 e. The molecule has 2 heterocycles. The van der Waals surface area contributed by atoms with Gasteiger partial charge in [0, 0.05) is 4.47 Å². The number of carbonyl (C=O) groups is 1. The second-order valence-electron chi connectivity index (χ2n) is 7.86. The van der Waals surface area contributed by atoms with Crippen LogP contribution in [0, 0.1) is 0 Å². The Morgan fingerprint density at radius 1 is 1.17 bits per heavy atom. The molecule has 2 aromatic carbocycles. The first-order valence-corrected chi connectivity index (χ1v) is 13.6. The first-order valence-electron chi connectivity index (χ1n) is 11.2. The Kier molecular flexibility index (Phi) is 8.09. The van der Waals surface area contributed by atoms with Crippen LogP contribution >= 0.6 is 43.2 Å². The molecule has 0 amide bonds.